The Morgan fingerprint density at radius 1 is 1.04 bits per heavy atom. The molecule has 5 nitrogen and oxygen atoms in total. The molecular formula is C19H18N2O3. The molecule has 1 amide bonds. The van der Waals surface area contributed by atoms with E-state index in [2.05, 4.69) is 5.32 Å². The van der Waals surface area contributed by atoms with Crippen molar-refractivity contribution >= 4 is 12.0 Å². The topological polar surface area (TPSA) is 71.3 Å². The molecule has 24 heavy (non-hydrogen) atoms. The Balaban J connectivity index is 1.69. The molecule has 2 aromatic carbocycles. The largest absolute Gasteiger partial charge is 0.492 e. The van der Waals surface area contributed by atoms with E-state index in [-0.39, 0.29) is 12.5 Å². The lowest BCUT2D eigenvalue weighted by Crippen LogP contribution is -2.26. The van der Waals surface area contributed by atoms with Gasteiger partial charge in [-0.25, -0.2) is 0 Å². The molecule has 0 aliphatic rings. The summed E-state index contributed by atoms with van der Waals surface area (Å²) >= 11 is 0. The SMILES string of the molecule is N#CCOc1ccc(/C=C/C(=O)NCCOc2ccccc2)cc1. The van der Waals surface area contributed by atoms with Crippen LogP contribution in [0.2, 0.25) is 0 Å². The minimum atomic E-state index is -0.184. The van der Waals surface area contributed by atoms with Crippen LogP contribution in [0.5, 0.6) is 11.5 Å². The number of carbonyl (C=O) groups is 1. The van der Waals surface area contributed by atoms with Gasteiger partial charge in [0.1, 0.15) is 24.2 Å². The highest BCUT2D eigenvalue weighted by Crippen LogP contribution is 2.13. The second kappa shape index (κ2) is 9.70. The lowest BCUT2D eigenvalue weighted by Gasteiger charge is -2.06. The second-order valence-corrected chi connectivity index (χ2v) is 4.80. The van der Waals surface area contributed by atoms with Gasteiger partial charge in [0.05, 0.1) is 6.54 Å². The Morgan fingerprint density at radius 2 is 1.75 bits per heavy atom. The molecule has 0 saturated carbocycles. The third kappa shape index (κ3) is 6.24. The first-order chi connectivity index (χ1) is 11.8. The van der Waals surface area contributed by atoms with Crippen molar-refractivity contribution in [2.75, 3.05) is 19.8 Å². The predicted octanol–water partition coefficient (Wildman–Crippen LogP) is 2.80. The molecule has 0 heterocycles. The molecule has 1 N–H and O–H groups in total. The number of amides is 1. The molecular weight excluding hydrogens is 304 g/mol. The minimum absolute atomic E-state index is 0.0165. The van der Waals surface area contributed by atoms with Crippen LogP contribution in [0, 0.1) is 11.3 Å². The van der Waals surface area contributed by atoms with Crippen molar-refractivity contribution in [2.45, 2.75) is 0 Å². The molecule has 0 spiro atoms. The summed E-state index contributed by atoms with van der Waals surface area (Å²) in [5, 5.41) is 11.2. The summed E-state index contributed by atoms with van der Waals surface area (Å²) in [7, 11) is 0. The van der Waals surface area contributed by atoms with Crippen molar-refractivity contribution in [1.29, 1.82) is 5.26 Å². The molecule has 0 radical (unpaired) electrons. The molecule has 2 aromatic rings. The van der Waals surface area contributed by atoms with Crippen LogP contribution in [0.15, 0.2) is 60.7 Å². The Labute approximate surface area is 141 Å². The number of benzene rings is 2. The highest BCUT2D eigenvalue weighted by molar-refractivity contribution is 5.91. The van der Waals surface area contributed by atoms with E-state index in [1.807, 2.05) is 48.5 Å². The third-order valence-electron chi connectivity index (χ3n) is 3.02. The van der Waals surface area contributed by atoms with E-state index >= 15 is 0 Å². The smallest absolute Gasteiger partial charge is 0.244 e. The number of ether oxygens (including phenoxy) is 2. The van der Waals surface area contributed by atoms with Crippen LogP contribution in [0.25, 0.3) is 6.08 Å². The second-order valence-electron chi connectivity index (χ2n) is 4.80. The Morgan fingerprint density at radius 3 is 2.46 bits per heavy atom. The molecule has 0 fully saturated rings. The average Bonchev–Trinajstić information content (AvgIpc) is 2.63. The van der Waals surface area contributed by atoms with Crippen molar-refractivity contribution in [1.82, 2.24) is 5.32 Å². The number of hydrogen-bond donors (Lipinski definition) is 1. The summed E-state index contributed by atoms with van der Waals surface area (Å²) in [4.78, 5) is 11.7. The first-order valence-corrected chi connectivity index (χ1v) is 7.51. The van der Waals surface area contributed by atoms with Crippen LogP contribution >= 0.6 is 0 Å². The van der Waals surface area contributed by atoms with Gasteiger partial charge in [-0.15, -0.1) is 0 Å². The van der Waals surface area contributed by atoms with Gasteiger partial charge in [-0.1, -0.05) is 30.3 Å². The van der Waals surface area contributed by atoms with Gasteiger partial charge in [0.25, 0.3) is 0 Å². The molecule has 0 aromatic heterocycles. The van der Waals surface area contributed by atoms with Gasteiger partial charge in [0.2, 0.25) is 5.91 Å². The fraction of sp³-hybridized carbons (Fsp3) is 0.158. The minimum Gasteiger partial charge on any atom is -0.492 e. The molecule has 0 saturated heterocycles. The molecule has 0 aliphatic carbocycles. The van der Waals surface area contributed by atoms with Gasteiger partial charge < -0.3 is 14.8 Å². The van der Waals surface area contributed by atoms with E-state index in [1.54, 1.807) is 18.2 Å². The van der Waals surface area contributed by atoms with Crippen molar-refractivity contribution in [3.8, 4) is 17.6 Å². The van der Waals surface area contributed by atoms with Gasteiger partial charge >= 0.3 is 0 Å². The van der Waals surface area contributed by atoms with E-state index in [4.69, 9.17) is 14.7 Å². The molecule has 0 atom stereocenters. The Hall–Kier alpha value is -3.26. The maximum absolute atomic E-state index is 11.7. The Bertz CT molecular complexity index is 704. The van der Waals surface area contributed by atoms with Crippen LogP contribution in [0.3, 0.4) is 0 Å². The fourth-order valence-corrected chi connectivity index (χ4v) is 1.88. The van der Waals surface area contributed by atoms with Crippen molar-refractivity contribution in [3.05, 3.63) is 66.2 Å². The lowest BCUT2D eigenvalue weighted by molar-refractivity contribution is -0.116. The van der Waals surface area contributed by atoms with Gasteiger partial charge in [0.15, 0.2) is 6.61 Å². The Kier molecular flexibility index (Phi) is 6.91. The van der Waals surface area contributed by atoms with E-state index in [0.717, 1.165) is 11.3 Å². The first-order valence-electron chi connectivity index (χ1n) is 7.51. The van der Waals surface area contributed by atoms with E-state index in [1.165, 1.54) is 6.08 Å². The quantitative estimate of drug-likeness (QED) is 0.599. The molecule has 5 heteroatoms. The number of nitriles is 1. The molecule has 0 bridgehead atoms. The van der Waals surface area contributed by atoms with Crippen LogP contribution < -0.4 is 14.8 Å². The predicted molar refractivity (Wildman–Crippen MR) is 91.5 cm³/mol. The number of hydrogen-bond acceptors (Lipinski definition) is 4. The summed E-state index contributed by atoms with van der Waals surface area (Å²) in [5.41, 5.74) is 0.870. The molecule has 2 rings (SSSR count). The van der Waals surface area contributed by atoms with Crippen molar-refractivity contribution < 1.29 is 14.3 Å². The fourth-order valence-electron chi connectivity index (χ4n) is 1.88. The molecule has 0 unspecified atom stereocenters. The zero-order valence-electron chi connectivity index (χ0n) is 13.1. The summed E-state index contributed by atoms with van der Waals surface area (Å²) in [6.45, 7) is 0.857. The monoisotopic (exact) mass is 322 g/mol. The van der Waals surface area contributed by atoms with Gasteiger partial charge in [-0.05, 0) is 35.9 Å². The van der Waals surface area contributed by atoms with Gasteiger partial charge in [-0.2, -0.15) is 5.26 Å². The highest BCUT2D eigenvalue weighted by atomic mass is 16.5. The number of nitrogens with zero attached hydrogens (tertiary/aromatic N) is 1. The highest BCUT2D eigenvalue weighted by Gasteiger charge is 1.97. The standard InChI is InChI=1S/C19H18N2O3/c20-12-14-23-18-9-6-16(7-10-18)8-11-19(22)21-13-15-24-17-4-2-1-3-5-17/h1-11H,13-15H2,(H,21,22)/b11-8+. The van der Waals surface area contributed by atoms with Crippen LogP contribution in [0.1, 0.15) is 5.56 Å². The number of rotatable bonds is 8. The normalized spacial score (nSPS) is 10.1. The molecule has 0 aliphatic heterocycles. The van der Waals surface area contributed by atoms with Crippen molar-refractivity contribution in [2.24, 2.45) is 0 Å². The van der Waals surface area contributed by atoms with Gasteiger partial charge in [0, 0.05) is 6.08 Å². The maximum Gasteiger partial charge on any atom is 0.244 e. The zero-order valence-corrected chi connectivity index (χ0v) is 13.1. The van der Waals surface area contributed by atoms with Crippen LogP contribution in [-0.2, 0) is 4.79 Å². The average molecular weight is 322 g/mol. The summed E-state index contributed by atoms with van der Waals surface area (Å²) < 4.78 is 10.6. The molecule has 122 valence electrons. The maximum atomic E-state index is 11.7. The van der Waals surface area contributed by atoms with Crippen LogP contribution in [-0.4, -0.2) is 25.7 Å². The number of nitrogens with one attached hydrogen (secondary N) is 1. The van der Waals surface area contributed by atoms with E-state index in [9.17, 15) is 4.79 Å². The first kappa shape index (κ1) is 17.1. The number of carbonyl (C=O) groups excluding carboxylic acids is 1. The summed E-state index contributed by atoms with van der Waals surface area (Å²) in [6.07, 6.45) is 3.18. The zero-order chi connectivity index (χ0) is 17.0. The van der Waals surface area contributed by atoms with E-state index in [0.29, 0.717) is 18.9 Å². The summed E-state index contributed by atoms with van der Waals surface area (Å²) in [6, 6.07) is 18.5. The van der Waals surface area contributed by atoms with Crippen molar-refractivity contribution in [3.63, 3.8) is 0 Å². The number of para-hydroxylation sites is 1. The lowest BCUT2D eigenvalue weighted by atomic mass is 10.2. The third-order valence-corrected chi connectivity index (χ3v) is 3.02. The van der Waals surface area contributed by atoms with E-state index < -0.39 is 0 Å². The summed E-state index contributed by atoms with van der Waals surface area (Å²) in [5.74, 6) is 1.22. The van der Waals surface area contributed by atoms with Crippen LogP contribution in [0.4, 0.5) is 0 Å². The van der Waals surface area contributed by atoms with Gasteiger partial charge in [-0.3, -0.25) is 4.79 Å².